The Hall–Kier alpha value is -1.26. The highest BCUT2D eigenvalue weighted by atomic mass is 16.4. The van der Waals surface area contributed by atoms with Crippen molar-refractivity contribution in [2.24, 2.45) is 17.8 Å². The maximum atomic E-state index is 11.9. The maximum Gasteiger partial charge on any atom is 0.315 e. The summed E-state index contributed by atoms with van der Waals surface area (Å²) in [5, 5.41) is 14.8. The van der Waals surface area contributed by atoms with Crippen LogP contribution in [-0.4, -0.2) is 29.7 Å². The average Bonchev–Trinajstić information content (AvgIpc) is 2.43. The van der Waals surface area contributed by atoms with Gasteiger partial charge in [0.2, 0.25) is 0 Å². The fraction of sp³-hybridized carbons (Fsp3) is 0.875. The molecule has 3 N–H and O–H groups in total. The van der Waals surface area contributed by atoms with E-state index in [4.69, 9.17) is 5.11 Å². The molecular formula is C16H30N2O3. The number of carbonyl (C=O) groups excluding carboxylic acids is 1. The van der Waals surface area contributed by atoms with Crippen molar-refractivity contribution in [2.45, 2.75) is 65.3 Å². The summed E-state index contributed by atoms with van der Waals surface area (Å²) in [6.07, 6.45) is 6.20. The van der Waals surface area contributed by atoms with Crippen molar-refractivity contribution in [1.29, 1.82) is 0 Å². The van der Waals surface area contributed by atoms with Gasteiger partial charge in [0.05, 0.1) is 5.92 Å². The van der Waals surface area contributed by atoms with E-state index < -0.39 is 11.9 Å². The number of carboxylic acids is 1. The van der Waals surface area contributed by atoms with Crippen LogP contribution in [0.15, 0.2) is 0 Å². The predicted molar refractivity (Wildman–Crippen MR) is 83.2 cm³/mol. The molecule has 1 rings (SSSR count). The van der Waals surface area contributed by atoms with E-state index >= 15 is 0 Å². The SMILES string of the molecule is CCC1CCC(NC(=O)NCC(CC(C)C)C(=O)O)CC1. The first kappa shape index (κ1) is 17.8. The van der Waals surface area contributed by atoms with E-state index in [1.165, 1.54) is 19.3 Å². The molecule has 2 amide bonds. The minimum atomic E-state index is -0.840. The Labute approximate surface area is 127 Å². The molecule has 21 heavy (non-hydrogen) atoms. The Morgan fingerprint density at radius 3 is 2.29 bits per heavy atom. The van der Waals surface area contributed by atoms with Gasteiger partial charge in [0.15, 0.2) is 0 Å². The van der Waals surface area contributed by atoms with E-state index in [9.17, 15) is 9.59 Å². The van der Waals surface area contributed by atoms with Gasteiger partial charge in [-0.15, -0.1) is 0 Å². The summed E-state index contributed by atoms with van der Waals surface area (Å²) in [6, 6.07) is 0.00568. The molecule has 0 heterocycles. The number of amides is 2. The van der Waals surface area contributed by atoms with Crippen molar-refractivity contribution in [2.75, 3.05) is 6.54 Å². The van der Waals surface area contributed by atoms with Crippen molar-refractivity contribution in [3.63, 3.8) is 0 Å². The molecule has 0 aliphatic heterocycles. The molecule has 0 spiro atoms. The van der Waals surface area contributed by atoms with Crippen molar-refractivity contribution in [3.05, 3.63) is 0 Å². The molecule has 1 aliphatic rings. The summed E-state index contributed by atoms with van der Waals surface area (Å²) in [7, 11) is 0. The lowest BCUT2D eigenvalue weighted by Gasteiger charge is -2.28. The lowest BCUT2D eigenvalue weighted by atomic mass is 9.85. The topological polar surface area (TPSA) is 78.4 Å². The molecule has 0 bridgehead atoms. The molecule has 1 unspecified atom stereocenters. The lowest BCUT2D eigenvalue weighted by Crippen LogP contribution is -2.45. The summed E-state index contributed by atoms with van der Waals surface area (Å²) in [5.41, 5.74) is 0. The van der Waals surface area contributed by atoms with Crippen molar-refractivity contribution in [1.82, 2.24) is 10.6 Å². The van der Waals surface area contributed by atoms with Crippen molar-refractivity contribution < 1.29 is 14.7 Å². The number of carbonyl (C=O) groups is 2. The van der Waals surface area contributed by atoms with Crippen LogP contribution in [0.1, 0.15) is 59.3 Å². The molecule has 1 saturated carbocycles. The third-order valence-corrected chi connectivity index (χ3v) is 4.37. The number of nitrogens with one attached hydrogen (secondary N) is 2. The van der Waals surface area contributed by atoms with E-state index in [2.05, 4.69) is 17.6 Å². The van der Waals surface area contributed by atoms with Gasteiger partial charge in [-0.05, 0) is 43.9 Å². The van der Waals surface area contributed by atoms with Gasteiger partial charge >= 0.3 is 12.0 Å². The third kappa shape index (κ3) is 6.82. The number of hydrogen-bond donors (Lipinski definition) is 3. The molecule has 1 aliphatic carbocycles. The average molecular weight is 298 g/mol. The second kappa shape index (κ2) is 8.90. The molecule has 0 radical (unpaired) electrons. The maximum absolute atomic E-state index is 11.9. The molecule has 5 heteroatoms. The first-order valence-corrected chi connectivity index (χ1v) is 8.19. The van der Waals surface area contributed by atoms with E-state index in [1.807, 2.05) is 13.8 Å². The normalized spacial score (nSPS) is 23.6. The molecular weight excluding hydrogens is 268 g/mol. The van der Waals surface area contributed by atoms with Crippen LogP contribution in [0.25, 0.3) is 0 Å². The Balaban J connectivity index is 2.28. The fourth-order valence-corrected chi connectivity index (χ4v) is 3.01. The standard InChI is InChI=1S/C16H30N2O3/c1-4-12-5-7-14(8-6-12)18-16(21)17-10-13(15(19)20)9-11(2)3/h11-14H,4-10H2,1-3H3,(H,19,20)(H2,17,18,21). The zero-order valence-corrected chi connectivity index (χ0v) is 13.5. The molecule has 1 fully saturated rings. The predicted octanol–water partition coefficient (Wildman–Crippen LogP) is 3.00. The van der Waals surface area contributed by atoms with Gasteiger partial charge in [-0.25, -0.2) is 4.79 Å². The fourth-order valence-electron chi connectivity index (χ4n) is 3.01. The van der Waals surface area contributed by atoms with Crippen LogP contribution in [0.3, 0.4) is 0 Å². The van der Waals surface area contributed by atoms with Crippen LogP contribution in [0.5, 0.6) is 0 Å². The van der Waals surface area contributed by atoms with Gasteiger partial charge in [0, 0.05) is 12.6 Å². The second-order valence-corrected chi connectivity index (χ2v) is 6.64. The van der Waals surface area contributed by atoms with E-state index in [0.717, 1.165) is 18.8 Å². The molecule has 1 atom stereocenters. The summed E-state index contributed by atoms with van der Waals surface area (Å²) in [5.74, 6) is -0.243. The quantitative estimate of drug-likeness (QED) is 0.676. The highest BCUT2D eigenvalue weighted by Crippen LogP contribution is 2.26. The van der Waals surface area contributed by atoms with Crippen LogP contribution < -0.4 is 10.6 Å². The van der Waals surface area contributed by atoms with Crippen LogP contribution in [0, 0.1) is 17.8 Å². The van der Waals surface area contributed by atoms with Crippen LogP contribution >= 0.6 is 0 Å². The Morgan fingerprint density at radius 1 is 1.19 bits per heavy atom. The van der Waals surface area contributed by atoms with E-state index in [-0.39, 0.29) is 18.6 Å². The summed E-state index contributed by atoms with van der Waals surface area (Å²) in [6.45, 7) is 6.39. The van der Waals surface area contributed by atoms with Gasteiger partial charge in [-0.1, -0.05) is 27.2 Å². The second-order valence-electron chi connectivity index (χ2n) is 6.64. The number of carboxylic acid groups (broad SMARTS) is 1. The Bertz CT molecular complexity index is 336. The Kier molecular flexibility index (Phi) is 7.54. The van der Waals surface area contributed by atoms with Crippen molar-refractivity contribution >= 4 is 12.0 Å². The highest BCUT2D eigenvalue weighted by molar-refractivity contribution is 5.76. The first-order chi connectivity index (χ1) is 9.92. The minimum absolute atomic E-state index is 0.198. The van der Waals surface area contributed by atoms with Gasteiger partial charge in [-0.2, -0.15) is 0 Å². The first-order valence-electron chi connectivity index (χ1n) is 8.19. The van der Waals surface area contributed by atoms with E-state index in [1.54, 1.807) is 0 Å². The highest BCUT2D eigenvalue weighted by Gasteiger charge is 2.23. The smallest absolute Gasteiger partial charge is 0.315 e. The minimum Gasteiger partial charge on any atom is -0.481 e. The Morgan fingerprint density at radius 2 is 1.81 bits per heavy atom. The number of urea groups is 1. The molecule has 122 valence electrons. The van der Waals surface area contributed by atoms with Crippen LogP contribution in [-0.2, 0) is 4.79 Å². The van der Waals surface area contributed by atoms with Crippen molar-refractivity contribution in [3.8, 4) is 0 Å². The largest absolute Gasteiger partial charge is 0.481 e. The number of rotatable bonds is 7. The lowest BCUT2D eigenvalue weighted by molar-refractivity contribution is -0.142. The van der Waals surface area contributed by atoms with Crippen LogP contribution in [0.2, 0.25) is 0 Å². The molecule has 0 aromatic carbocycles. The number of aliphatic carboxylic acids is 1. The molecule has 0 aromatic rings. The van der Waals surface area contributed by atoms with Gasteiger partial charge in [0.1, 0.15) is 0 Å². The summed E-state index contributed by atoms with van der Waals surface area (Å²) in [4.78, 5) is 23.0. The zero-order chi connectivity index (χ0) is 15.8. The zero-order valence-electron chi connectivity index (χ0n) is 13.5. The molecule has 0 aromatic heterocycles. The summed E-state index contributed by atoms with van der Waals surface area (Å²) >= 11 is 0. The van der Waals surface area contributed by atoms with E-state index in [0.29, 0.717) is 12.3 Å². The summed E-state index contributed by atoms with van der Waals surface area (Å²) < 4.78 is 0. The van der Waals surface area contributed by atoms with Gasteiger partial charge < -0.3 is 15.7 Å². The van der Waals surface area contributed by atoms with Crippen LogP contribution in [0.4, 0.5) is 4.79 Å². The van der Waals surface area contributed by atoms with Gasteiger partial charge in [0.25, 0.3) is 0 Å². The monoisotopic (exact) mass is 298 g/mol. The molecule has 0 saturated heterocycles. The third-order valence-electron chi connectivity index (χ3n) is 4.37. The van der Waals surface area contributed by atoms with Gasteiger partial charge in [-0.3, -0.25) is 4.79 Å². The number of hydrogen-bond acceptors (Lipinski definition) is 2. The molecule has 5 nitrogen and oxygen atoms in total.